The van der Waals surface area contributed by atoms with Gasteiger partial charge in [0.15, 0.2) is 5.16 Å². The Morgan fingerprint density at radius 1 is 1.14 bits per heavy atom. The summed E-state index contributed by atoms with van der Waals surface area (Å²) in [4.78, 5) is 16.3. The van der Waals surface area contributed by atoms with Crippen LogP contribution in [-0.2, 0) is 16.0 Å². The number of halogens is 5. The monoisotopic (exact) mass is 684 g/mol. The first-order valence-corrected chi connectivity index (χ1v) is 15.2. The highest BCUT2D eigenvalue weighted by Crippen LogP contribution is 2.40. The summed E-state index contributed by atoms with van der Waals surface area (Å²) in [5.74, 6) is -1.36. The minimum Gasteiger partial charge on any atom is -0.495 e. The molecule has 3 aromatic carbocycles. The van der Waals surface area contributed by atoms with Gasteiger partial charge in [-0.05, 0) is 73.5 Å². The molecule has 13 heteroatoms. The van der Waals surface area contributed by atoms with Gasteiger partial charge in [-0.25, -0.2) is 18.6 Å². The zero-order valence-electron chi connectivity index (χ0n) is 24.2. The fourth-order valence-corrected chi connectivity index (χ4v) is 6.23. The molecule has 0 aliphatic carbocycles. The lowest BCUT2D eigenvalue weighted by Gasteiger charge is -2.28. The molecule has 4 rings (SSSR count). The van der Waals surface area contributed by atoms with Crippen LogP contribution in [-0.4, -0.2) is 40.3 Å². The molecule has 0 unspecified atom stereocenters. The quantitative estimate of drug-likeness (QED) is 0.122. The van der Waals surface area contributed by atoms with Crippen molar-refractivity contribution in [2.75, 3.05) is 19.0 Å². The van der Waals surface area contributed by atoms with Crippen LogP contribution in [0.25, 0.3) is 5.69 Å². The van der Waals surface area contributed by atoms with E-state index in [1.54, 1.807) is 31.5 Å². The number of nitrogens with two attached hydrogens (primary N) is 1. The number of ether oxygens (including phenoxy) is 1. The van der Waals surface area contributed by atoms with Crippen molar-refractivity contribution in [3.05, 3.63) is 99.3 Å². The number of benzene rings is 3. The van der Waals surface area contributed by atoms with Gasteiger partial charge in [0.05, 0.1) is 24.0 Å². The molecule has 1 aromatic heterocycles. The Morgan fingerprint density at radius 3 is 2.45 bits per heavy atom. The lowest BCUT2D eigenvalue weighted by molar-refractivity contribution is -0.138. The van der Waals surface area contributed by atoms with Gasteiger partial charge in [0.1, 0.15) is 23.4 Å². The maximum atomic E-state index is 15.3. The molecule has 4 N–H and O–H groups in total. The van der Waals surface area contributed by atoms with Crippen molar-refractivity contribution in [3.8, 4) is 11.4 Å². The second kappa shape index (κ2) is 15.3. The highest BCUT2D eigenvalue weighted by atomic mass is 35.5. The molecule has 0 fully saturated rings. The predicted octanol–water partition coefficient (Wildman–Crippen LogP) is 8.11. The molecule has 0 saturated heterocycles. The number of aromatic nitrogens is 2. The number of carboxylic acid groups (broad SMARTS) is 1. The molecule has 0 bridgehead atoms. The van der Waals surface area contributed by atoms with Crippen LogP contribution in [0.2, 0.25) is 10.0 Å². The van der Waals surface area contributed by atoms with Crippen LogP contribution in [0.1, 0.15) is 43.5 Å². The van der Waals surface area contributed by atoms with Gasteiger partial charge in [0.25, 0.3) is 0 Å². The molecule has 236 valence electrons. The van der Waals surface area contributed by atoms with Crippen molar-refractivity contribution >= 4 is 59.0 Å². The van der Waals surface area contributed by atoms with E-state index in [-0.39, 0.29) is 46.7 Å². The van der Waals surface area contributed by atoms with Crippen LogP contribution in [0.5, 0.6) is 5.75 Å². The van der Waals surface area contributed by atoms with E-state index < -0.39 is 23.2 Å². The van der Waals surface area contributed by atoms with Gasteiger partial charge in [-0.15, -0.1) is 12.4 Å². The predicted molar refractivity (Wildman–Crippen MR) is 175 cm³/mol. The number of hydrogen-bond donors (Lipinski definition) is 3. The van der Waals surface area contributed by atoms with Crippen molar-refractivity contribution in [1.29, 1.82) is 0 Å². The molecule has 0 aliphatic heterocycles. The van der Waals surface area contributed by atoms with Gasteiger partial charge in [-0.2, -0.15) is 0 Å². The molecule has 7 nitrogen and oxygen atoms in total. The molecule has 44 heavy (non-hydrogen) atoms. The average molecular weight is 686 g/mol. The van der Waals surface area contributed by atoms with Gasteiger partial charge in [-0.3, -0.25) is 4.57 Å². The number of nitrogens with zero attached hydrogens (tertiary/aromatic N) is 2. The van der Waals surface area contributed by atoms with Crippen LogP contribution in [0, 0.1) is 11.6 Å². The van der Waals surface area contributed by atoms with E-state index in [0.717, 1.165) is 11.3 Å². The van der Waals surface area contributed by atoms with Crippen LogP contribution >= 0.6 is 47.4 Å². The summed E-state index contributed by atoms with van der Waals surface area (Å²) in [7, 11) is 1.55. The normalized spacial score (nSPS) is 12.0. The van der Waals surface area contributed by atoms with E-state index in [2.05, 4.69) is 10.3 Å². The number of imidazole rings is 1. The number of carboxylic acids is 1. The first-order valence-electron chi connectivity index (χ1n) is 13.4. The molecular weight excluding hydrogens is 653 g/mol. The third-order valence-electron chi connectivity index (χ3n) is 7.15. The van der Waals surface area contributed by atoms with E-state index in [4.69, 9.17) is 33.7 Å². The summed E-state index contributed by atoms with van der Waals surface area (Å²) in [5, 5.41) is 13.5. The Labute approximate surface area is 275 Å². The number of aliphatic carboxylic acids is 1. The average Bonchev–Trinajstić information content (AvgIpc) is 3.40. The van der Waals surface area contributed by atoms with E-state index in [1.807, 2.05) is 30.5 Å². The number of anilines is 1. The molecular formula is C31H33Cl3F2N4O3S. The Hall–Kier alpha value is -3.02. The topological polar surface area (TPSA) is 102 Å². The Balaban J connectivity index is 0.00000529. The lowest BCUT2D eigenvalue weighted by atomic mass is 9.81. The highest BCUT2D eigenvalue weighted by Gasteiger charge is 2.30. The number of thioether (sulfide) groups is 1. The minimum atomic E-state index is -1.06. The summed E-state index contributed by atoms with van der Waals surface area (Å²) in [6, 6.07) is 13.4. The van der Waals surface area contributed by atoms with Crippen molar-refractivity contribution in [2.24, 2.45) is 5.73 Å². The third kappa shape index (κ3) is 7.97. The smallest absolute Gasteiger partial charge is 0.326 e. The molecule has 0 aliphatic rings. The summed E-state index contributed by atoms with van der Waals surface area (Å²) in [6.45, 7) is 4.40. The zero-order chi connectivity index (χ0) is 31.3. The van der Waals surface area contributed by atoms with Crippen LogP contribution in [0.15, 0.2) is 66.0 Å². The Kier molecular flexibility index (Phi) is 12.3. The molecule has 1 heterocycles. The van der Waals surface area contributed by atoms with Crippen molar-refractivity contribution < 1.29 is 23.4 Å². The Bertz CT molecular complexity index is 1580. The largest absolute Gasteiger partial charge is 0.495 e. The fourth-order valence-electron chi connectivity index (χ4n) is 4.66. The van der Waals surface area contributed by atoms with Gasteiger partial charge in [-0.1, -0.05) is 54.9 Å². The van der Waals surface area contributed by atoms with E-state index >= 15 is 4.39 Å². The van der Waals surface area contributed by atoms with Crippen molar-refractivity contribution in [2.45, 2.75) is 49.1 Å². The van der Waals surface area contributed by atoms with Gasteiger partial charge < -0.3 is 20.9 Å². The lowest BCUT2D eigenvalue weighted by Crippen LogP contribution is -2.30. The van der Waals surface area contributed by atoms with Crippen molar-refractivity contribution in [3.63, 3.8) is 0 Å². The fraction of sp³-hybridized carbons (Fsp3) is 0.290. The van der Waals surface area contributed by atoms with E-state index in [9.17, 15) is 14.3 Å². The van der Waals surface area contributed by atoms with Crippen molar-refractivity contribution in [1.82, 2.24) is 9.55 Å². The van der Waals surface area contributed by atoms with Crippen LogP contribution in [0.4, 0.5) is 14.5 Å². The minimum absolute atomic E-state index is 0. The molecule has 0 saturated carbocycles. The summed E-state index contributed by atoms with van der Waals surface area (Å²) >= 11 is 14.0. The maximum Gasteiger partial charge on any atom is 0.326 e. The third-order valence-corrected chi connectivity index (χ3v) is 8.78. The number of rotatable bonds is 13. The number of methoxy groups -OCH3 is 1. The van der Waals surface area contributed by atoms with Gasteiger partial charge in [0, 0.05) is 33.1 Å². The number of carbonyl (C=O) groups is 1. The molecule has 0 radical (unpaired) electrons. The highest BCUT2D eigenvalue weighted by molar-refractivity contribution is 7.98. The Morgan fingerprint density at radius 2 is 1.84 bits per heavy atom. The summed E-state index contributed by atoms with van der Waals surface area (Å²) < 4.78 is 36.5. The van der Waals surface area contributed by atoms with Gasteiger partial charge in [0.2, 0.25) is 0 Å². The molecule has 1 atom stereocenters. The first kappa shape index (κ1) is 35.5. The first-order chi connectivity index (χ1) is 20.5. The molecule has 4 aromatic rings. The van der Waals surface area contributed by atoms with E-state index in [0.29, 0.717) is 34.6 Å². The SMILES string of the molecule is COc1cc(C(C)(C)c2cnc(SCc3c(F)cc(N[C@@H](CCCN)C(=O)O)cc3Cl)n2-c2ccc(F)cc2)ccc1Cl.Cl. The second-order valence-electron chi connectivity index (χ2n) is 10.4. The number of hydrogen-bond acceptors (Lipinski definition) is 6. The van der Waals surface area contributed by atoms with Crippen LogP contribution in [0.3, 0.4) is 0 Å². The standard InChI is InChI=1S/C31H32Cl2F2N4O3S.ClH/c1-31(2,18-6-11-23(32)27(13-18)42-3)28-16-37-30(39(28)21-9-7-19(34)8-10-21)43-17-22-24(33)14-20(15-25(22)35)38-26(29(40)41)5-4-12-36;/h6-11,13-16,26,38H,4-5,12,17,36H2,1-3H3,(H,40,41);1H/t26-;/m0./s1. The van der Waals surface area contributed by atoms with Gasteiger partial charge >= 0.3 is 5.97 Å². The van der Waals surface area contributed by atoms with E-state index in [1.165, 1.54) is 36.0 Å². The maximum absolute atomic E-state index is 15.3. The molecule has 0 amide bonds. The summed E-state index contributed by atoms with van der Waals surface area (Å²) in [6.07, 6.45) is 2.53. The second-order valence-corrected chi connectivity index (χ2v) is 12.1. The summed E-state index contributed by atoms with van der Waals surface area (Å²) in [5.41, 5.74) is 7.80. The van der Waals surface area contributed by atoms with Crippen LogP contribution < -0.4 is 15.8 Å². The zero-order valence-corrected chi connectivity index (χ0v) is 27.4. The molecule has 0 spiro atoms. The number of nitrogens with one attached hydrogen (secondary N) is 1.